The highest BCUT2D eigenvalue weighted by Gasteiger charge is 2.25. The number of esters is 4. The molecular weight excluding hydrogens is 953 g/mol. The van der Waals surface area contributed by atoms with Gasteiger partial charge in [0.05, 0.1) is 23.7 Å². The molecule has 1 rings (SSSR count). The zero-order valence-electron chi connectivity index (χ0n) is 51.3. The molecule has 1 aliphatic heterocycles. The number of hydrogen-bond donors (Lipinski definition) is 0. The summed E-state index contributed by atoms with van der Waals surface area (Å²) in [5.41, 5.74) is 0. The molecule has 0 aliphatic carbocycles. The van der Waals surface area contributed by atoms with Gasteiger partial charge < -0.3 is 18.9 Å². The van der Waals surface area contributed by atoms with E-state index < -0.39 is 0 Å². The zero-order chi connectivity index (χ0) is 55.7. The Kier molecular flexibility index (Phi) is 48.0. The van der Waals surface area contributed by atoms with E-state index in [9.17, 15) is 19.2 Å². The highest BCUT2D eigenvalue weighted by atomic mass is 16.5. The van der Waals surface area contributed by atoms with Crippen molar-refractivity contribution in [1.29, 1.82) is 0 Å². The molecule has 0 aromatic carbocycles. The molecule has 1 aliphatic rings. The van der Waals surface area contributed by atoms with Crippen LogP contribution in [-0.4, -0.2) is 148 Å². The molecule has 4 unspecified atom stereocenters. The molecule has 12 nitrogen and oxygen atoms in total. The van der Waals surface area contributed by atoms with Gasteiger partial charge in [0.1, 0.15) is 26.4 Å². The van der Waals surface area contributed by atoms with Gasteiger partial charge in [0.2, 0.25) is 0 Å². The summed E-state index contributed by atoms with van der Waals surface area (Å²) in [5, 5.41) is 0. The summed E-state index contributed by atoms with van der Waals surface area (Å²) in [5.74, 6) is -0.341. The van der Waals surface area contributed by atoms with Gasteiger partial charge in [0.15, 0.2) is 0 Å². The molecule has 0 aromatic heterocycles. The fourth-order valence-corrected chi connectivity index (χ4v) is 10.6. The Morgan fingerprint density at radius 3 is 0.842 bits per heavy atom. The summed E-state index contributed by atoms with van der Waals surface area (Å²) >= 11 is 0. The number of hydrogen-bond acceptors (Lipinski definition) is 12. The van der Waals surface area contributed by atoms with Crippen molar-refractivity contribution in [2.24, 2.45) is 23.7 Å². The summed E-state index contributed by atoms with van der Waals surface area (Å²) in [4.78, 5) is 63.6. The number of carbonyl (C=O) groups is 4. The molecule has 448 valence electrons. The van der Waals surface area contributed by atoms with Crippen LogP contribution in [-0.2, 0) is 38.1 Å². The number of piperazine rings is 1. The summed E-state index contributed by atoms with van der Waals surface area (Å²) in [6.07, 6.45) is 34.1. The Labute approximate surface area is 469 Å². The minimum absolute atomic E-state index is 0.00756. The van der Waals surface area contributed by atoms with E-state index in [0.29, 0.717) is 52.6 Å². The number of nitrogens with zero attached hydrogens (tertiary/aromatic N) is 4. The predicted molar refractivity (Wildman–Crippen MR) is 317 cm³/mol. The molecule has 0 radical (unpaired) electrons. The molecule has 0 amide bonds. The van der Waals surface area contributed by atoms with Gasteiger partial charge in [0.25, 0.3) is 0 Å². The second-order valence-electron chi connectivity index (χ2n) is 22.8. The standard InChI is InChI=1S/C64H124N4O8/c1-9-17-25-29-37-57(33-21-13-5)61(69)73-53-49-66-44-41-65(42-45-66)43-46-67(50-54-74-62(70)58(34-22-14-6)38-30-26-18-10-2)47-48-68(51-55-75-63(71)59(35-23-15-7)39-31-27-19-11-3)52-56-76-64(72)60(36-24-16-8)40-32-28-20-12-4/h57-60H,9-56H2,1-8H3. The van der Waals surface area contributed by atoms with Crippen LogP contribution in [0.15, 0.2) is 0 Å². The van der Waals surface area contributed by atoms with Crippen molar-refractivity contribution in [3.63, 3.8) is 0 Å². The summed E-state index contributed by atoms with van der Waals surface area (Å²) in [6.45, 7) is 28.5. The summed E-state index contributed by atoms with van der Waals surface area (Å²) < 4.78 is 24.2. The molecule has 0 spiro atoms. The highest BCUT2D eigenvalue weighted by molar-refractivity contribution is 5.73. The van der Waals surface area contributed by atoms with Crippen LogP contribution in [0.3, 0.4) is 0 Å². The number of ether oxygens (including phenoxy) is 4. The van der Waals surface area contributed by atoms with Crippen molar-refractivity contribution in [2.75, 3.05) is 105 Å². The Hall–Kier alpha value is -2.28. The van der Waals surface area contributed by atoms with Gasteiger partial charge in [-0.1, -0.05) is 209 Å². The van der Waals surface area contributed by atoms with Gasteiger partial charge in [-0.15, -0.1) is 0 Å². The van der Waals surface area contributed by atoms with E-state index >= 15 is 0 Å². The largest absolute Gasteiger partial charge is 0.464 e. The highest BCUT2D eigenvalue weighted by Crippen LogP contribution is 2.23. The van der Waals surface area contributed by atoms with Crippen LogP contribution in [0.1, 0.15) is 261 Å². The third-order valence-corrected chi connectivity index (χ3v) is 16.1. The van der Waals surface area contributed by atoms with Crippen LogP contribution in [0.2, 0.25) is 0 Å². The number of rotatable bonds is 54. The van der Waals surface area contributed by atoms with Gasteiger partial charge in [-0.05, 0) is 51.4 Å². The van der Waals surface area contributed by atoms with Gasteiger partial charge >= 0.3 is 23.9 Å². The Balaban J connectivity index is 3.16. The van der Waals surface area contributed by atoms with Crippen molar-refractivity contribution in [1.82, 2.24) is 19.6 Å². The smallest absolute Gasteiger partial charge is 0.308 e. The lowest BCUT2D eigenvalue weighted by Crippen LogP contribution is -2.50. The second kappa shape index (κ2) is 50.9. The maximum absolute atomic E-state index is 13.6. The van der Waals surface area contributed by atoms with Crippen LogP contribution < -0.4 is 0 Å². The third kappa shape index (κ3) is 37.6. The van der Waals surface area contributed by atoms with E-state index in [1.807, 2.05) is 0 Å². The van der Waals surface area contributed by atoms with Crippen LogP contribution in [0, 0.1) is 23.7 Å². The Morgan fingerprint density at radius 2 is 0.553 bits per heavy atom. The van der Waals surface area contributed by atoms with Crippen LogP contribution in [0.5, 0.6) is 0 Å². The van der Waals surface area contributed by atoms with E-state index in [4.69, 9.17) is 18.9 Å². The second-order valence-corrected chi connectivity index (χ2v) is 22.8. The van der Waals surface area contributed by atoms with E-state index in [1.54, 1.807) is 0 Å². The minimum Gasteiger partial charge on any atom is -0.464 e. The van der Waals surface area contributed by atoms with Crippen molar-refractivity contribution in [3.8, 4) is 0 Å². The first kappa shape index (κ1) is 71.7. The normalized spacial score (nSPS) is 15.0. The van der Waals surface area contributed by atoms with E-state index in [1.165, 1.54) is 57.8 Å². The molecule has 1 heterocycles. The quantitative estimate of drug-likeness (QED) is 0.0328. The van der Waals surface area contributed by atoms with Crippen LogP contribution in [0.25, 0.3) is 0 Å². The van der Waals surface area contributed by atoms with Crippen molar-refractivity contribution >= 4 is 23.9 Å². The summed E-state index contributed by atoms with van der Waals surface area (Å²) in [7, 11) is 0. The predicted octanol–water partition coefficient (Wildman–Crippen LogP) is 14.5. The fourth-order valence-electron chi connectivity index (χ4n) is 10.6. The monoisotopic (exact) mass is 1080 g/mol. The molecular formula is C64H124N4O8. The average Bonchev–Trinajstić information content (AvgIpc) is 3.42. The van der Waals surface area contributed by atoms with E-state index in [0.717, 1.165) is 200 Å². The molecule has 1 fully saturated rings. The van der Waals surface area contributed by atoms with Crippen molar-refractivity contribution in [2.45, 2.75) is 261 Å². The van der Waals surface area contributed by atoms with Crippen molar-refractivity contribution in [3.05, 3.63) is 0 Å². The molecule has 0 bridgehead atoms. The fraction of sp³-hybridized carbons (Fsp3) is 0.938. The first-order valence-corrected chi connectivity index (χ1v) is 32.7. The van der Waals surface area contributed by atoms with E-state index in [-0.39, 0.29) is 47.5 Å². The topological polar surface area (TPSA) is 118 Å². The number of unbranched alkanes of at least 4 members (excludes halogenated alkanes) is 16. The maximum atomic E-state index is 13.6. The molecule has 12 heteroatoms. The lowest BCUT2D eigenvalue weighted by atomic mass is 9.95. The zero-order valence-corrected chi connectivity index (χ0v) is 51.3. The molecule has 76 heavy (non-hydrogen) atoms. The first-order chi connectivity index (χ1) is 37.1. The SMILES string of the molecule is CCCCCCC(CCCC)C(=O)OCCN(CCOC(=O)C(CCCC)CCCCCC)CCN(CCOC(=O)C(CCCC)CCCCCC)CCN1CCN(CCOC(=O)C(CCCC)CCCCCC)CC1. The molecule has 0 saturated carbocycles. The lowest BCUT2D eigenvalue weighted by Gasteiger charge is -2.36. The number of carbonyl (C=O) groups excluding carboxylic acids is 4. The molecule has 0 N–H and O–H groups in total. The lowest BCUT2D eigenvalue weighted by molar-refractivity contribution is -0.151. The van der Waals surface area contributed by atoms with Crippen molar-refractivity contribution < 1.29 is 38.1 Å². The van der Waals surface area contributed by atoms with Gasteiger partial charge in [-0.25, -0.2) is 0 Å². The average molecular weight is 1080 g/mol. The Morgan fingerprint density at radius 1 is 0.303 bits per heavy atom. The third-order valence-electron chi connectivity index (χ3n) is 16.1. The van der Waals surface area contributed by atoms with Gasteiger partial charge in [0, 0.05) is 78.5 Å². The maximum Gasteiger partial charge on any atom is 0.308 e. The summed E-state index contributed by atoms with van der Waals surface area (Å²) in [6, 6.07) is 0. The minimum atomic E-state index is -0.0745. The van der Waals surface area contributed by atoms with Gasteiger partial charge in [-0.3, -0.25) is 38.8 Å². The van der Waals surface area contributed by atoms with Crippen LogP contribution in [0.4, 0.5) is 0 Å². The van der Waals surface area contributed by atoms with Gasteiger partial charge in [-0.2, -0.15) is 0 Å². The van der Waals surface area contributed by atoms with E-state index in [2.05, 4.69) is 75.0 Å². The molecule has 4 atom stereocenters. The molecule has 1 saturated heterocycles. The molecule has 0 aromatic rings. The van der Waals surface area contributed by atoms with Crippen LogP contribution >= 0.6 is 0 Å². The Bertz CT molecular complexity index is 1320. The first-order valence-electron chi connectivity index (χ1n) is 32.7.